The number of rotatable bonds is 6. The molecule has 1 amide bonds. The van der Waals surface area contributed by atoms with Crippen LogP contribution in [0.2, 0.25) is 0 Å². The van der Waals surface area contributed by atoms with Gasteiger partial charge in [-0.3, -0.25) is 9.68 Å². The lowest BCUT2D eigenvalue weighted by atomic mass is 10.2. The van der Waals surface area contributed by atoms with Crippen LogP contribution in [0.25, 0.3) is 0 Å². The highest BCUT2D eigenvalue weighted by Gasteiger charge is 2.11. The highest BCUT2D eigenvalue weighted by Crippen LogP contribution is 2.00. The summed E-state index contributed by atoms with van der Waals surface area (Å²) in [5.41, 5.74) is 0.868. The first-order valence-electron chi connectivity index (χ1n) is 6.17. The molecular formula is C14H13N3O4. The van der Waals surface area contributed by atoms with Gasteiger partial charge in [-0.25, -0.2) is 14.8 Å². The van der Waals surface area contributed by atoms with Gasteiger partial charge in [-0.15, -0.1) is 0 Å². The van der Waals surface area contributed by atoms with Crippen molar-refractivity contribution in [1.29, 1.82) is 0 Å². The SMILES string of the molecule is O=C(CNC(=O)c1ncccn1)OOCc1ccccc1. The van der Waals surface area contributed by atoms with Gasteiger partial charge >= 0.3 is 5.97 Å². The normalized spacial score (nSPS) is 9.90. The van der Waals surface area contributed by atoms with Crippen LogP contribution in [0.3, 0.4) is 0 Å². The summed E-state index contributed by atoms with van der Waals surface area (Å²) >= 11 is 0. The molecule has 0 radical (unpaired) electrons. The fourth-order valence-electron chi connectivity index (χ4n) is 1.41. The Morgan fingerprint density at radius 2 is 1.76 bits per heavy atom. The summed E-state index contributed by atoms with van der Waals surface area (Å²) in [4.78, 5) is 39.8. The lowest BCUT2D eigenvalue weighted by Gasteiger charge is -2.05. The summed E-state index contributed by atoms with van der Waals surface area (Å²) in [6.45, 7) is -0.186. The molecule has 108 valence electrons. The first kappa shape index (κ1) is 14.6. The molecule has 1 aromatic heterocycles. The lowest BCUT2D eigenvalue weighted by molar-refractivity contribution is -0.278. The van der Waals surface area contributed by atoms with Crippen molar-refractivity contribution in [1.82, 2.24) is 15.3 Å². The van der Waals surface area contributed by atoms with Gasteiger partial charge in [0.15, 0.2) is 0 Å². The number of hydrogen-bond acceptors (Lipinski definition) is 6. The van der Waals surface area contributed by atoms with Gasteiger partial charge < -0.3 is 5.32 Å². The van der Waals surface area contributed by atoms with Gasteiger partial charge in [0.05, 0.1) is 0 Å². The summed E-state index contributed by atoms with van der Waals surface area (Å²) < 4.78 is 0. The third kappa shape index (κ3) is 5.00. The minimum Gasteiger partial charge on any atom is -0.338 e. The Kier molecular flexibility index (Phi) is 5.36. The lowest BCUT2D eigenvalue weighted by Crippen LogP contribution is -2.31. The molecule has 21 heavy (non-hydrogen) atoms. The van der Waals surface area contributed by atoms with E-state index in [0.717, 1.165) is 5.56 Å². The molecule has 0 aliphatic rings. The van der Waals surface area contributed by atoms with Crippen LogP contribution in [0.15, 0.2) is 48.8 Å². The molecular weight excluding hydrogens is 274 g/mol. The van der Waals surface area contributed by atoms with Crippen molar-refractivity contribution >= 4 is 11.9 Å². The number of benzene rings is 1. The highest BCUT2D eigenvalue weighted by atomic mass is 17.2. The van der Waals surface area contributed by atoms with Crippen LogP contribution in [0.5, 0.6) is 0 Å². The molecule has 0 saturated carbocycles. The average Bonchev–Trinajstić information content (AvgIpc) is 2.54. The molecule has 0 aliphatic carbocycles. The zero-order valence-corrected chi connectivity index (χ0v) is 11.1. The van der Waals surface area contributed by atoms with E-state index < -0.39 is 11.9 Å². The Morgan fingerprint density at radius 3 is 2.48 bits per heavy atom. The van der Waals surface area contributed by atoms with Crippen LogP contribution in [-0.2, 0) is 21.2 Å². The van der Waals surface area contributed by atoms with Crippen LogP contribution in [0.1, 0.15) is 16.2 Å². The van der Waals surface area contributed by atoms with Gasteiger partial charge in [0, 0.05) is 12.4 Å². The Balaban J connectivity index is 1.67. The van der Waals surface area contributed by atoms with Crippen molar-refractivity contribution < 1.29 is 19.4 Å². The number of amides is 1. The standard InChI is InChI=1S/C14H13N3O4/c18-12(21-20-10-11-5-2-1-3-6-11)9-17-14(19)13-15-7-4-8-16-13/h1-8H,9-10H2,(H,17,19). The molecule has 2 rings (SSSR count). The van der Waals surface area contributed by atoms with E-state index in [9.17, 15) is 9.59 Å². The van der Waals surface area contributed by atoms with Crippen LogP contribution >= 0.6 is 0 Å². The van der Waals surface area contributed by atoms with E-state index in [1.807, 2.05) is 30.3 Å². The molecule has 7 nitrogen and oxygen atoms in total. The number of carbonyl (C=O) groups excluding carboxylic acids is 2. The van der Waals surface area contributed by atoms with Gasteiger partial charge in [0.1, 0.15) is 13.2 Å². The smallest absolute Gasteiger partial charge is 0.338 e. The molecule has 0 atom stereocenters. The second kappa shape index (κ2) is 7.71. The molecule has 0 bridgehead atoms. The molecule has 1 heterocycles. The predicted molar refractivity (Wildman–Crippen MR) is 71.7 cm³/mol. The van der Waals surface area contributed by atoms with E-state index in [4.69, 9.17) is 4.89 Å². The third-order valence-corrected chi connectivity index (χ3v) is 2.38. The summed E-state index contributed by atoms with van der Waals surface area (Å²) in [5, 5.41) is 2.33. The number of nitrogens with one attached hydrogen (secondary N) is 1. The Labute approximate surface area is 120 Å². The second-order valence-electron chi connectivity index (χ2n) is 3.96. The summed E-state index contributed by atoms with van der Waals surface area (Å²) in [6, 6.07) is 10.8. The molecule has 0 fully saturated rings. The van der Waals surface area contributed by atoms with E-state index in [1.165, 1.54) is 12.4 Å². The largest absolute Gasteiger partial charge is 0.361 e. The maximum Gasteiger partial charge on any atom is 0.361 e. The summed E-state index contributed by atoms with van der Waals surface area (Å²) in [6.07, 6.45) is 2.87. The number of aromatic nitrogens is 2. The minimum atomic E-state index is -0.713. The molecule has 1 N–H and O–H groups in total. The molecule has 7 heteroatoms. The molecule has 0 unspecified atom stereocenters. The van der Waals surface area contributed by atoms with E-state index in [0.29, 0.717) is 0 Å². The Hall–Kier alpha value is -2.80. The molecule has 0 spiro atoms. The zero-order chi connectivity index (χ0) is 14.9. The quantitative estimate of drug-likeness (QED) is 0.626. The van der Waals surface area contributed by atoms with Gasteiger partial charge in [0.2, 0.25) is 5.82 Å². The topological polar surface area (TPSA) is 90.4 Å². The summed E-state index contributed by atoms with van der Waals surface area (Å²) in [7, 11) is 0. The number of carbonyl (C=O) groups is 2. The van der Waals surface area contributed by atoms with Crippen LogP contribution in [0, 0.1) is 0 Å². The van der Waals surface area contributed by atoms with Crippen LogP contribution in [-0.4, -0.2) is 28.4 Å². The zero-order valence-electron chi connectivity index (χ0n) is 11.1. The Bertz CT molecular complexity index is 590. The fourth-order valence-corrected chi connectivity index (χ4v) is 1.41. The highest BCUT2D eigenvalue weighted by molar-refractivity contribution is 5.92. The molecule has 0 saturated heterocycles. The van der Waals surface area contributed by atoms with Crippen molar-refractivity contribution in [3.8, 4) is 0 Å². The average molecular weight is 287 g/mol. The van der Waals surface area contributed by atoms with Gasteiger partial charge in [-0.05, 0) is 11.6 Å². The fraction of sp³-hybridized carbons (Fsp3) is 0.143. The maximum absolute atomic E-state index is 11.6. The predicted octanol–water partition coefficient (Wildman–Crippen LogP) is 0.881. The van der Waals surface area contributed by atoms with Gasteiger partial charge in [-0.1, -0.05) is 30.3 Å². The monoisotopic (exact) mass is 287 g/mol. The molecule has 0 aliphatic heterocycles. The second-order valence-corrected chi connectivity index (χ2v) is 3.96. The van der Waals surface area contributed by atoms with E-state index >= 15 is 0 Å². The third-order valence-electron chi connectivity index (χ3n) is 2.38. The van der Waals surface area contributed by atoms with Crippen molar-refractivity contribution in [2.75, 3.05) is 6.54 Å². The van der Waals surface area contributed by atoms with Crippen molar-refractivity contribution in [3.05, 3.63) is 60.2 Å². The molecule has 1 aromatic carbocycles. The maximum atomic E-state index is 11.6. The van der Waals surface area contributed by atoms with Crippen LogP contribution in [0.4, 0.5) is 0 Å². The van der Waals surface area contributed by atoms with Gasteiger partial charge in [-0.2, -0.15) is 4.89 Å². The van der Waals surface area contributed by atoms with E-state index in [1.54, 1.807) is 6.07 Å². The Morgan fingerprint density at radius 1 is 1.05 bits per heavy atom. The number of hydrogen-bond donors (Lipinski definition) is 1. The van der Waals surface area contributed by atoms with Crippen LogP contribution < -0.4 is 5.32 Å². The van der Waals surface area contributed by atoms with E-state index in [2.05, 4.69) is 20.2 Å². The number of nitrogens with zero attached hydrogens (tertiary/aromatic N) is 2. The summed E-state index contributed by atoms with van der Waals surface area (Å²) in [5.74, 6) is -1.29. The van der Waals surface area contributed by atoms with Crippen molar-refractivity contribution in [3.63, 3.8) is 0 Å². The van der Waals surface area contributed by atoms with Gasteiger partial charge in [0.25, 0.3) is 5.91 Å². The van der Waals surface area contributed by atoms with Crippen molar-refractivity contribution in [2.24, 2.45) is 0 Å². The molecule has 2 aromatic rings. The minimum absolute atomic E-state index is 0.0181. The first-order chi connectivity index (χ1) is 10.3. The van der Waals surface area contributed by atoms with Crippen molar-refractivity contribution in [2.45, 2.75) is 6.61 Å². The first-order valence-corrected chi connectivity index (χ1v) is 6.17. The van der Waals surface area contributed by atoms with E-state index in [-0.39, 0.29) is 19.0 Å².